The van der Waals surface area contributed by atoms with E-state index in [0.29, 0.717) is 18.9 Å². The predicted octanol–water partition coefficient (Wildman–Crippen LogP) is 2.14. The van der Waals surface area contributed by atoms with Crippen molar-refractivity contribution in [2.24, 2.45) is 4.99 Å². The summed E-state index contributed by atoms with van der Waals surface area (Å²) < 4.78 is 23.2. The van der Waals surface area contributed by atoms with Crippen LogP contribution in [0.2, 0.25) is 0 Å². The highest BCUT2D eigenvalue weighted by molar-refractivity contribution is 14.0. The van der Waals surface area contributed by atoms with Crippen LogP contribution in [0.25, 0.3) is 10.9 Å². The van der Waals surface area contributed by atoms with Gasteiger partial charge in [0.15, 0.2) is 15.8 Å². The molecule has 1 saturated heterocycles. The molecule has 0 bridgehead atoms. The SMILES string of the molecule is CCNC(=NCCc1cccc2cccnc12)NC1CCS(=O)(=O)C1.I. The lowest BCUT2D eigenvalue weighted by Crippen LogP contribution is -2.44. The van der Waals surface area contributed by atoms with Crippen LogP contribution in [0.4, 0.5) is 0 Å². The predicted molar refractivity (Wildman–Crippen MR) is 117 cm³/mol. The highest BCUT2D eigenvalue weighted by atomic mass is 127. The van der Waals surface area contributed by atoms with Crippen molar-refractivity contribution in [3.05, 3.63) is 42.1 Å². The second-order valence-corrected chi connectivity index (χ2v) is 8.48. The van der Waals surface area contributed by atoms with Crippen molar-refractivity contribution in [1.29, 1.82) is 0 Å². The van der Waals surface area contributed by atoms with E-state index in [9.17, 15) is 8.42 Å². The van der Waals surface area contributed by atoms with Gasteiger partial charge in [0.1, 0.15) is 0 Å². The number of fused-ring (bicyclic) bond motifs is 1. The van der Waals surface area contributed by atoms with Crippen LogP contribution < -0.4 is 10.6 Å². The van der Waals surface area contributed by atoms with Crippen LogP contribution in [0.3, 0.4) is 0 Å². The fourth-order valence-electron chi connectivity index (χ4n) is 3.08. The van der Waals surface area contributed by atoms with Gasteiger partial charge in [-0.15, -0.1) is 24.0 Å². The van der Waals surface area contributed by atoms with Gasteiger partial charge in [-0.1, -0.05) is 24.3 Å². The summed E-state index contributed by atoms with van der Waals surface area (Å²) in [5.41, 5.74) is 2.18. The molecule has 0 radical (unpaired) electrons. The first kappa shape index (κ1) is 20.9. The number of nitrogens with zero attached hydrogens (tertiary/aromatic N) is 2. The number of sulfone groups is 1. The van der Waals surface area contributed by atoms with Crippen molar-refractivity contribution in [3.8, 4) is 0 Å². The first-order chi connectivity index (χ1) is 12.1. The third-order valence-corrected chi connectivity index (χ3v) is 6.05. The van der Waals surface area contributed by atoms with E-state index in [0.717, 1.165) is 23.9 Å². The van der Waals surface area contributed by atoms with Gasteiger partial charge in [0, 0.05) is 30.7 Å². The Morgan fingerprint density at radius 3 is 2.85 bits per heavy atom. The molecule has 3 rings (SSSR count). The number of hydrogen-bond acceptors (Lipinski definition) is 4. The number of aromatic nitrogens is 1. The van der Waals surface area contributed by atoms with Crippen LogP contribution in [0.5, 0.6) is 0 Å². The number of nitrogens with one attached hydrogen (secondary N) is 2. The summed E-state index contributed by atoms with van der Waals surface area (Å²) in [6, 6.07) is 10.1. The summed E-state index contributed by atoms with van der Waals surface area (Å²) in [5.74, 6) is 1.12. The molecule has 1 aliphatic rings. The zero-order valence-corrected chi connectivity index (χ0v) is 18.0. The van der Waals surface area contributed by atoms with Crippen LogP contribution in [0, 0.1) is 0 Å². The third kappa shape index (κ3) is 5.54. The molecule has 1 aromatic carbocycles. The average molecular weight is 488 g/mol. The van der Waals surface area contributed by atoms with Crippen molar-refractivity contribution in [1.82, 2.24) is 15.6 Å². The first-order valence-electron chi connectivity index (χ1n) is 8.65. The molecule has 1 aliphatic heterocycles. The zero-order valence-electron chi connectivity index (χ0n) is 14.8. The Kier molecular flexibility index (Phi) is 7.63. The number of aliphatic imine (C=N–C) groups is 1. The lowest BCUT2D eigenvalue weighted by molar-refractivity contribution is 0.599. The van der Waals surface area contributed by atoms with Gasteiger partial charge < -0.3 is 10.6 Å². The van der Waals surface area contributed by atoms with Crippen LogP contribution in [-0.2, 0) is 16.3 Å². The molecule has 2 heterocycles. The maximum atomic E-state index is 11.6. The second-order valence-electron chi connectivity index (χ2n) is 6.25. The Labute approximate surface area is 171 Å². The summed E-state index contributed by atoms with van der Waals surface area (Å²) in [6.07, 6.45) is 3.23. The molecular formula is C18H25IN4O2S. The van der Waals surface area contributed by atoms with E-state index in [1.54, 1.807) is 6.20 Å². The Bertz CT molecular complexity index is 865. The highest BCUT2D eigenvalue weighted by Gasteiger charge is 2.28. The van der Waals surface area contributed by atoms with E-state index in [1.807, 2.05) is 19.1 Å². The standard InChI is InChI=1S/C18H24N4O2S.HI/c1-2-19-18(22-16-9-12-25(23,24)13-16)21-11-8-15-6-3-5-14-7-4-10-20-17(14)15;/h3-7,10,16H,2,8-9,11-13H2,1H3,(H2,19,21,22);1H. The number of para-hydroxylation sites is 1. The Balaban J connectivity index is 0.00000243. The summed E-state index contributed by atoms with van der Waals surface area (Å²) in [6.45, 7) is 3.35. The van der Waals surface area contributed by atoms with E-state index in [4.69, 9.17) is 0 Å². The van der Waals surface area contributed by atoms with Gasteiger partial charge in [-0.2, -0.15) is 0 Å². The molecule has 6 nitrogen and oxygen atoms in total. The fourth-order valence-corrected chi connectivity index (χ4v) is 4.75. The van der Waals surface area contributed by atoms with Gasteiger partial charge in [0.25, 0.3) is 0 Å². The summed E-state index contributed by atoms with van der Waals surface area (Å²) in [7, 11) is -2.90. The smallest absolute Gasteiger partial charge is 0.191 e. The van der Waals surface area contributed by atoms with Crippen molar-refractivity contribution in [2.45, 2.75) is 25.8 Å². The van der Waals surface area contributed by atoms with Crippen molar-refractivity contribution in [2.75, 3.05) is 24.6 Å². The minimum Gasteiger partial charge on any atom is -0.357 e. The lowest BCUT2D eigenvalue weighted by Gasteiger charge is -2.15. The summed E-state index contributed by atoms with van der Waals surface area (Å²) in [4.78, 5) is 9.07. The van der Waals surface area contributed by atoms with Crippen LogP contribution in [-0.4, -0.2) is 50.0 Å². The molecule has 0 spiro atoms. The molecule has 2 N–H and O–H groups in total. The van der Waals surface area contributed by atoms with Crippen molar-refractivity contribution in [3.63, 3.8) is 0 Å². The van der Waals surface area contributed by atoms with E-state index in [-0.39, 0.29) is 41.5 Å². The molecule has 0 aliphatic carbocycles. The van der Waals surface area contributed by atoms with Gasteiger partial charge in [-0.3, -0.25) is 9.98 Å². The third-order valence-electron chi connectivity index (χ3n) is 4.28. The topological polar surface area (TPSA) is 83.4 Å². The first-order valence-corrected chi connectivity index (χ1v) is 10.5. The second kappa shape index (κ2) is 9.50. The number of pyridine rings is 1. The van der Waals surface area contributed by atoms with E-state index < -0.39 is 9.84 Å². The van der Waals surface area contributed by atoms with Gasteiger partial charge in [0.05, 0.1) is 17.0 Å². The molecular weight excluding hydrogens is 463 g/mol. The van der Waals surface area contributed by atoms with Gasteiger partial charge >= 0.3 is 0 Å². The highest BCUT2D eigenvalue weighted by Crippen LogP contribution is 2.16. The number of hydrogen-bond donors (Lipinski definition) is 2. The largest absolute Gasteiger partial charge is 0.357 e. The number of benzene rings is 1. The van der Waals surface area contributed by atoms with E-state index >= 15 is 0 Å². The fraction of sp³-hybridized carbons (Fsp3) is 0.444. The Morgan fingerprint density at radius 2 is 2.12 bits per heavy atom. The average Bonchev–Trinajstić information content (AvgIpc) is 2.94. The molecule has 1 unspecified atom stereocenters. The van der Waals surface area contributed by atoms with Gasteiger partial charge in [0.2, 0.25) is 0 Å². The maximum Gasteiger partial charge on any atom is 0.191 e. The number of halogens is 1. The van der Waals surface area contributed by atoms with Crippen molar-refractivity contribution < 1.29 is 8.42 Å². The molecule has 8 heteroatoms. The zero-order chi connectivity index (χ0) is 17.7. The summed E-state index contributed by atoms with van der Waals surface area (Å²) >= 11 is 0. The molecule has 1 atom stereocenters. The molecule has 1 fully saturated rings. The van der Waals surface area contributed by atoms with Crippen molar-refractivity contribution >= 4 is 50.7 Å². The number of rotatable bonds is 5. The molecule has 2 aromatic rings. The summed E-state index contributed by atoms with van der Waals surface area (Å²) in [5, 5.41) is 7.56. The van der Waals surface area contributed by atoms with E-state index in [1.165, 1.54) is 5.56 Å². The molecule has 142 valence electrons. The van der Waals surface area contributed by atoms with E-state index in [2.05, 4.69) is 38.8 Å². The molecule has 1 aromatic heterocycles. The van der Waals surface area contributed by atoms with Crippen LogP contribution >= 0.6 is 24.0 Å². The Morgan fingerprint density at radius 1 is 1.31 bits per heavy atom. The monoisotopic (exact) mass is 488 g/mol. The molecule has 0 saturated carbocycles. The maximum absolute atomic E-state index is 11.6. The van der Waals surface area contributed by atoms with Crippen LogP contribution in [0.15, 0.2) is 41.5 Å². The Hall–Kier alpha value is -1.42. The molecule has 0 amide bonds. The molecule has 26 heavy (non-hydrogen) atoms. The normalized spacial score (nSPS) is 19.1. The minimum atomic E-state index is -2.90. The lowest BCUT2D eigenvalue weighted by atomic mass is 10.1. The number of guanidine groups is 1. The van der Waals surface area contributed by atoms with Gasteiger partial charge in [-0.25, -0.2) is 8.42 Å². The van der Waals surface area contributed by atoms with Crippen LogP contribution in [0.1, 0.15) is 18.9 Å². The quantitative estimate of drug-likeness (QED) is 0.383. The minimum absolute atomic E-state index is 0. The van der Waals surface area contributed by atoms with Gasteiger partial charge in [-0.05, 0) is 31.4 Å².